The van der Waals surface area contributed by atoms with Crippen LogP contribution in [0.25, 0.3) is 0 Å². The lowest BCUT2D eigenvalue weighted by atomic mass is 9.88. The normalized spacial score (nSPS) is 20.8. The molecule has 0 aromatic heterocycles. The van der Waals surface area contributed by atoms with Gasteiger partial charge >= 0.3 is 0 Å². The molecule has 19 heavy (non-hydrogen) atoms. The minimum Gasteiger partial charge on any atom is -0.353 e. The third-order valence-electron chi connectivity index (χ3n) is 4.30. The molecule has 102 valence electrons. The standard InChI is InChI=1S/C15H19ClN2O/c1-10(2)18-13-6-5-11(16)9-12(13)17-14(19)15(18)7-3-4-8-15/h5-6,9-10H,3-4,7-8H2,1-2H3,(H,17,19). The highest BCUT2D eigenvalue weighted by atomic mass is 35.5. The molecule has 0 radical (unpaired) electrons. The Labute approximate surface area is 118 Å². The van der Waals surface area contributed by atoms with Gasteiger partial charge in [0.05, 0.1) is 11.4 Å². The SMILES string of the molecule is CC(C)N1c2ccc(Cl)cc2NC(=O)C12CCCC2. The minimum absolute atomic E-state index is 0.133. The van der Waals surface area contributed by atoms with E-state index in [1.807, 2.05) is 18.2 Å². The van der Waals surface area contributed by atoms with Crippen LogP contribution in [0.3, 0.4) is 0 Å². The topological polar surface area (TPSA) is 32.3 Å². The Hall–Kier alpha value is -1.22. The average Bonchev–Trinajstić information content (AvgIpc) is 2.81. The summed E-state index contributed by atoms with van der Waals surface area (Å²) in [6.07, 6.45) is 4.14. The van der Waals surface area contributed by atoms with Gasteiger partial charge in [0, 0.05) is 11.1 Å². The van der Waals surface area contributed by atoms with Crippen LogP contribution < -0.4 is 10.2 Å². The van der Waals surface area contributed by atoms with E-state index >= 15 is 0 Å². The van der Waals surface area contributed by atoms with E-state index in [-0.39, 0.29) is 11.4 Å². The molecule has 0 atom stereocenters. The van der Waals surface area contributed by atoms with Crippen LogP contribution in [0.1, 0.15) is 39.5 Å². The second kappa shape index (κ2) is 4.41. The molecule has 3 rings (SSSR count). The Morgan fingerprint density at radius 3 is 2.63 bits per heavy atom. The summed E-state index contributed by atoms with van der Waals surface area (Å²) in [5.41, 5.74) is 1.58. The molecule has 1 aromatic rings. The van der Waals surface area contributed by atoms with Gasteiger partial charge in [0.1, 0.15) is 5.54 Å². The zero-order valence-electron chi connectivity index (χ0n) is 11.4. The van der Waals surface area contributed by atoms with Gasteiger partial charge in [-0.15, -0.1) is 0 Å². The van der Waals surface area contributed by atoms with Crippen molar-refractivity contribution < 1.29 is 4.79 Å². The lowest BCUT2D eigenvalue weighted by Gasteiger charge is -2.48. The highest BCUT2D eigenvalue weighted by Gasteiger charge is 2.50. The van der Waals surface area contributed by atoms with E-state index in [0.717, 1.165) is 37.1 Å². The maximum Gasteiger partial charge on any atom is 0.250 e. The number of nitrogens with zero attached hydrogens (tertiary/aromatic N) is 1. The van der Waals surface area contributed by atoms with Crippen LogP contribution in [-0.4, -0.2) is 17.5 Å². The molecule has 1 aliphatic heterocycles. The largest absolute Gasteiger partial charge is 0.353 e. The number of amides is 1. The van der Waals surface area contributed by atoms with E-state index in [0.29, 0.717) is 11.1 Å². The van der Waals surface area contributed by atoms with Crippen molar-refractivity contribution >= 4 is 28.9 Å². The first-order valence-electron chi connectivity index (χ1n) is 6.95. The summed E-state index contributed by atoms with van der Waals surface area (Å²) in [5.74, 6) is 0.133. The van der Waals surface area contributed by atoms with Crippen LogP contribution >= 0.6 is 11.6 Å². The summed E-state index contributed by atoms with van der Waals surface area (Å²) in [6.45, 7) is 4.30. The van der Waals surface area contributed by atoms with Gasteiger partial charge in [-0.25, -0.2) is 0 Å². The molecule has 0 unspecified atom stereocenters. The summed E-state index contributed by atoms with van der Waals surface area (Å²) in [5, 5.41) is 3.71. The fourth-order valence-corrected chi connectivity index (χ4v) is 3.77. The van der Waals surface area contributed by atoms with Crippen molar-refractivity contribution in [3.8, 4) is 0 Å². The fourth-order valence-electron chi connectivity index (χ4n) is 3.60. The quantitative estimate of drug-likeness (QED) is 0.847. The Kier molecular flexibility index (Phi) is 2.97. The van der Waals surface area contributed by atoms with Crippen LogP contribution in [0.5, 0.6) is 0 Å². The molecule has 3 nitrogen and oxygen atoms in total. The molecule has 0 bridgehead atoms. The summed E-state index contributed by atoms with van der Waals surface area (Å²) >= 11 is 6.03. The molecule has 1 saturated carbocycles. The number of benzene rings is 1. The number of carbonyl (C=O) groups excluding carboxylic acids is 1. The molecule has 1 spiro atoms. The van der Waals surface area contributed by atoms with E-state index < -0.39 is 0 Å². The first kappa shape index (κ1) is 12.8. The molecular formula is C15H19ClN2O. The zero-order chi connectivity index (χ0) is 13.6. The van der Waals surface area contributed by atoms with Crippen molar-refractivity contribution in [1.29, 1.82) is 0 Å². The number of hydrogen-bond donors (Lipinski definition) is 1. The van der Waals surface area contributed by atoms with Crippen molar-refractivity contribution in [1.82, 2.24) is 0 Å². The van der Waals surface area contributed by atoms with Gasteiger partial charge in [-0.1, -0.05) is 24.4 Å². The first-order valence-corrected chi connectivity index (χ1v) is 7.33. The smallest absolute Gasteiger partial charge is 0.250 e. The van der Waals surface area contributed by atoms with Gasteiger partial charge in [-0.2, -0.15) is 0 Å². The Balaban J connectivity index is 2.15. The number of anilines is 2. The van der Waals surface area contributed by atoms with E-state index in [9.17, 15) is 4.79 Å². The molecule has 1 fully saturated rings. The second-order valence-electron chi connectivity index (χ2n) is 5.82. The van der Waals surface area contributed by atoms with Crippen LogP contribution in [0.15, 0.2) is 18.2 Å². The summed E-state index contributed by atoms with van der Waals surface area (Å²) < 4.78 is 0. The molecule has 1 heterocycles. The van der Waals surface area contributed by atoms with Crippen LogP contribution in [-0.2, 0) is 4.79 Å². The Morgan fingerprint density at radius 2 is 2.00 bits per heavy atom. The molecular weight excluding hydrogens is 260 g/mol. The van der Waals surface area contributed by atoms with Crippen molar-refractivity contribution in [2.45, 2.75) is 51.1 Å². The van der Waals surface area contributed by atoms with Gasteiger partial charge in [0.15, 0.2) is 0 Å². The maximum atomic E-state index is 12.6. The molecule has 2 aliphatic rings. The fraction of sp³-hybridized carbons (Fsp3) is 0.533. The number of halogens is 1. The predicted molar refractivity (Wildman–Crippen MR) is 78.9 cm³/mol. The Bertz CT molecular complexity index is 521. The molecule has 1 aliphatic carbocycles. The lowest BCUT2D eigenvalue weighted by Crippen LogP contribution is -2.60. The highest BCUT2D eigenvalue weighted by molar-refractivity contribution is 6.31. The third-order valence-corrected chi connectivity index (χ3v) is 4.53. The summed E-state index contributed by atoms with van der Waals surface area (Å²) in [7, 11) is 0. The van der Waals surface area contributed by atoms with Crippen LogP contribution in [0.2, 0.25) is 5.02 Å². The second-order valence-corrected chi connectivity index (χ2v) is 6.25. The molecule has 4 heteroatoms. The van der Waals surface area contributed by atoms with Crippen molar-refractivity contribution in [3.63, 3.8) is 0 Å². The van der Waals surface area contributed by atoms with Crippen LogP contribution in [0.4, 0.5) is 11.4 Å². The number of carbonyl (C=O) groups is 1. The molecule has 1 N–H and O–H groups in total. The molecule has 0 saturated heterocycles. The van der Waals surface area contributed by atoms with Gasteiger partial charge < -0.3 is 10.2 Å². The van der Waals surface area contributed by atoms with E-state index in [2.05, 4.69) is 24.1 Å². The van der Waals surface area contributed by atoms with E-state index in [4.69, 9.17) is 11.6 Å². The van der Waals surface area contributed by atoms with Gasteiger partial charge in [0.2, 0.25) is 5.91 Å². The first-order chi connectivity index (χ1) is 9.04. The highest BCUT2D eigenvalue weighted by Crippen LogP contribution is 2.46. The van der Waals surface area contributed by atoms with Gasteiger partial charge in [0.25, 0.3) is 0 Å². The average molecular weight is 279 g/mol. The summed E-state index contributed by atoms with van der Waals surface area (Å²) in [4.78, 5) is 14.9. The number of rotatable bonds is 1. The predicted octanol–water partition coefficient (Wildman–Crippen LogP) is 3.82. The van der Waals surface area contributed by atoms with Crippen molar-refractivity contribution in [2.24, 2.45) is 0 Å². The minimum atomic E-state index is -0.352. The van der Waals surface area contributed by atoms with Gasteiger partial charge in [-0.3, -0.25) is 4.79 Å². The Morgan fingerprint density at radius 1 is 1.32 bits per heavy atom. The van der Waals surface area contributed by atoms with E-state index in [1.165, 1.54) is 0 Å². The number of nitrogens with one attached hydrogen (secondary N) is 1. The number of hydrogen-bond acceptors (Lipinski definition) is 2. The van der Waals surface area contributed by atoms with Crippen LogP contribution in [0, 0.1) is 0 Å². The monoisotopic (exact) mass is 278 g/mol. The van der Waals surface area contributed by atoms with E-state index in [1.54, 1.807) is 0 Å². The maximum absolute atomic E-state index is 12.6. The molecule has 1 aromatic carbocycles. The lowest BCUT2D eigenvalue weighted by molar-refractivity contribution is -0.121. The summed E-state index contributed by atoms with van der Waals surface area (Å²) in [6, 6.07) is 6.06. The van der Waals surface area contributed by atoms with Crippen molar-refractivity contribution in [3.05, 3.63) is 23.2 Å². The van der Waals surface area contributed by atoms with Gasteiger partial charge in [-0.05, 0) is 44.9 Å². The zero-order valence-corrected chi connectivity index (χ0v) is 12.1. The molecule has 1 amide bonds. The van der Waals surface area contributed by atoms with Crippen molar-refractivity contribution in [2.75, 3.05) is 10.2 Å². The number of fused-ring (bicyclic) bond motifs is 1. The third kappa shape index (κ3) is 1.83.